The van der Waals surface area contributed by atoms with E-state index in [1.807, 2.05) is 25.1 Å². The molecule has 16 nitrogen and oxygen atoms in total. The van der Waals surface area contributed by atoms with Crippen LogP contribution in [0, 0.1) is 0 Å². The monoisotopic (exact) mass is 708 g/mol. The molecule has 1 saturated heterocycles. The van der Waals surface area contributed by atoms with Crippen LogP contribution in [0.5, 0.6) is 5.75 Å². The number of rotatable bonds is 20. The molecule has 0 saturated carbocycles. The van der Waals surface area contributed by atoms with Crippen molar-refractivity contribution >= 4 is 23.9 Å². The average Bonchev–Trinajstić information content (AvgIpc) is 3.93. The van der Waals surface area contributed by atoms with E-state index in [1.165, 1.54) is 7.11 Å². The number of carbonyl (C=O) groups excluding carboxylic acids is 2. The maximum Gasteiger partial charge on any atom is 0.363 e. The van der Waals surface area contributed by atoms with Crippen LogP contribution in [0.15, 0.2) is 36.0 Å². The molecule has 3 unspecified atom stereocenters. The molecule has 1 aromatic rings. The Bertz CT molecular complexity index is 1250. The van der Waals surface area contributed by atoms with Crippen LogP contribution in [0.4, 0.5) is 0 Å². The molecule has 0 aromatic heterocycles. The van der Waals surface area contributed by atoms with Crippen molar-refractivity contribution in [2.75, 3.05) is 112 Å². The Balaban J connectivity index is 1.86. The molecule has 1 aromatic carbocycles. The predicted octanol–water partition coefficient (Wildman–Crippen LogP) is -1.49. The van der Waals surface area contributed by atoms with Crippen molar-refractivity contribution in [3.8, 4) is 5.75 Å². The summed E-state index contributed by atoms with van der Waals surface area (Å²) in [4.78, 5) is 54.3. The second-order valence-electron chi connectivity index (χ2n) is 12.3. The minimum atomic E-state index is -1.30. The summed E-state index contributed by atoms with van der Waals surface area (Å²) in [6, 6.07) is 5.22. The van der Waals surface area contributed by atoms with E-state index in [0.717, 1.165) is 11.3 Å². The minimum absolute atomic E-state index is 0.0253. The number of allylic oxidation sites excluding steroid dienone is 2. The summed E-state index contributed by atoms with van der Waals surface area (Å²) in [6.07, 6.45) is 2.72. The Hall–Kier alpha value is -3.64. The van der Waals surface area contributed by atoms with E-state index in [0.29, 0.717) is 45.2 Å². The summed E-state index contributed by atoms with van der Waals surface area (Å²) < 4.78 is 21.4. The number of ether oxygens (including phenoxy) is 4. The van der Waals surface area contributed by atoms with Gasteiger partial charge in [-0.05, 0) is 30.7 Å². The maximum absolute atomic E-state index is 13.1. The van der Waals surface area contributed by atoms with Gasteiger partial charge in [0, 0.05) is 65.3 Å². The molecule has 0 spiro atoms. The Labute approximate surface area is 292 Å². The summed E-state index contributed by atoms with van der Waals surface area (Å²) in [6.45, 7) is 4.55. The third-order valence-electron chi connectivity index (χ3n) is 9.10. The molecule has 3 N–H and O–H groups in total. The van der Waals surface area contributed by atoms with Crippen LogP contribution in [-0.4, -0.2) is 183 Å². The average molecular weight is 709 g/mol. The number of methoxy groups -OCH3 is 1. The van der Waals surface area contributed by atoms with E-state index < -0.39 is 49.1 Å². The molecular formula is C34H52N4O12. The van der Waals surface area contributed by atoms with Gasteiger partial charge in [0.2, 0.25) is 0 Å². The number of carboxylic acids is 3. The fraction of sp³-hybridized carbons (Fsp3) is 0.647. The Morgan fingerprint density at radius 1 is 0.880 bits per heavy atom. The van der Waals surface area contributed by atoms with Crippen LogP contribution in [0.25, 0.3) is 0 Å². The highest BCUT2D eigenvalue weighted by Gasteiger charge is 2.48. The van der Waals surface area contributed by atoms with Gasteiger partial charge in [-0.3, -0.25) is 28.8 Å². The van der Waals surface area contributed by atoms with Crippen molar-refractivity contribution in [3.63, 3.8) is 0 Å². The molecule has 2 aliphatic rings. The number of benzene rings is 1. The van der Waals surface area contributed by atoms with Crippen molar-refractivity contribution in [2.45, 2.75) is 31.8 Å². The molecule has 1 aliphatic carbocycles. The molecule has 16 heteroatoms. The number of aliphatic carboxylic acids is 3. The summed E-state index contributed by atoms with van der Waals surface area (Å²) in [5.41, 5.74) is 1.67. The van der Waals surface area contributed by atoms with Crippen LogP contribution >= 0.6 is 0 Å². The van der Waals surface area contributed by atoms with Gasteiger partial charge >= 0.3 is 17.9 Å². The normalized spacial score (nSPS) is 20.8. The largest absolute Gasteiger partial charge is 0.549 e. The van der Waals surface area contributed by atoms with E-state index in [2.05, 4.69) is 0 Å². The lowest BCUT2D eigenvalue weighted by Gasteiger charge is -2.44. The fourth-order valence-corrected chi connectivity index (χ4v) is 6.31. The zero-order valence-corrected chi connectivity index (χ0v) is 29.1. The summed E-state index contributed by atoms with van der Waals surface area (Å²) >= 11 is 0. The van der Waals surface area contributed by atoms with Gasteiger partial charge in [-0.25, -0.2) is 4.79 Å². The third kappa shape index (κ3) is 12.9. The highest BCUT2D eigenvalue weighted by molar-refractivity contribution is 5.75. The molecule has 3 rings (SSSR count). The second kappa shape index (κ2) is 20.9. The molecule has 1 fully saturated rings. The molecule has 280 valence electrons. The molecule has 3 atom stereocenters. The summed E-state index contributed by atoms with van der Waals surface area (Å²) in [5, 5.41) is 42.3. The number of hydrogen-bond donors (Lipinski definition) is 3. The number of carbonyl (C=O) groups is 4. The maximum atomic E-state index is 13.1. The van der Waals surface area contributed by atoms with Gasteiger partial charge in [0.05, 0.1) is 59.1 Å². The molecule has 0 radical (unpaired) electrons. The Morgan fingerprint density at radius 2 is 1.48 bits per heavy atom. The van der Waals surface area contributed by atoms with Gasteiger partial charge in [-0.1, -0.05) is 12.1 Å². The SMILES string of the molecule is CCOCCOCCOc1ccc(CC(C(=O)O)[N+]2(C3=CC3)CCN(CC(=O)[O-])CCN(C(CO)C(=O)OC)CCN(CC(=O)O)CC2)cc1. The van der Waals surface area contributed by atoms with Gasteiger partial charge in [-0.2, -0.15) is 0 Å². The van der Waals surface area contributed by atoms with Crippen molar-refractivity contribution in [1.29, 1.82) is 0 Å². The lowest BCUT2D eigenvalue weighted by atomic mass is 10.0. The quantitative estimate of drug-likeness (QED) is 0.0804. The van der Waals surface area contributed by atoms with E-state index in [-0.39, 0.29) is 69.8 Å². The molecular weight excluding hydrogens is 656 g/mol. The smallest absolute Gasteiger partial charge is 0.363 e. The first kappa shape index (κ1) is 40.8. The van der Waals surface area contributed by atoms with E-state index in [9.17, 15) is 39.6 Å². The number of aliphatic hydroxyl groups is 1. The first-order chi connectivity index (χ1) is 24.0. The van der Waals surface area contributed by atoms with Crippen LogP contribution in [0.1, 0.15) is 18.9 Å². The van der Waals surface area contributed by atoms with Gasteiger partial charge in [0.15, 0.2) is 6.04 Å². The number of esters is 1. The van der Waals surface area contributed by atoms with Crippen molar-refractivity contribution in [2.24, 2.45) is 0 Å². The van der Waals surface area contributed by atoms with Gasteiger partial charge in [-0.15, -0.1) is 0 Å². The minimum Gasteiger partial charge on any atom is -0.549 e. The fourth-order valence-electron chi connectivity index (χ4n) is 6.31. The first-order valence-corrected chi connectivity index (χ1v) is 17.0. The topological polar surface area (TPSA) is 199 Å². The molecule has 50 heavy (non-hydrogen) atoms. The Morgan fingerprint density at radius 3 is 2.00 bits per heavy atom. The number of carboxylic acid groups (broad SMARTS) is 3. The van der Waals surface area contributed by atoms with Gasteiger partial charge < -0.3 is 44.2 Å². The van der Waals surface area contributed by atoms with Crippen molar-refractivity contribution in [1.82, 2.24) is 14.7 Å². The van der Waals surface area contributed by atoms with E-state index in [1.54, 1.807) is 26.8 Å². The van der Waals surface area contributed by atoms with Crippen LogP contribution in [0.3, 0.4) is 0 Å². The van der Waals surface area contributed by atoms with Crippen molar-refractivity contribution < 1.29 is 63.0 Å². The number of quaternary nitrogens is 1. The first-order valence-electron chi connectivity index (χ1n) is 17.0. The summed E-state index contributed by atoms with van der Waals surface area (Å²) in [7, 11) is 1.20. The van der Waals surface area contributed by atoms with Gasteiger partial charge in [0.25, 0.3) is 0 Å². The highest BCUT2D eigenvalue weighted by atomic mass is 16.5. The third-order valence-corrected chi connectivity index (χ3v) is 9.10. The second-order valence-corrected chi connectivity index (χ2v) is 12.3. The van der Waals surface area contributed by atoms with E-state index in [4.69, 9.17) is 18.9 Å². The number of aliphatic hydroxyl groups excluding tert-OH is 1. The van der Waals surface area contributed by atoms with Crippen LogP contribution < -0.4 is 9.84 Å². The molecule has 1 aliphatic heterocycles. The standard InChI is InChI=1S/C34H52N4O12/c1-3-48-18-19-49-20-21-50-28-8-4-26(5-9-28)22-30(33(44)45)38(27-6-7-27)16-14-35(23-31(40)41)10-12-37(29(25-39)34(46)47-2)13-11-36(15-17-38)24-32(42)43/h4-6,8-9,29-30,39H,3,7,10-25H2,1-2H3,(H2-,40,41,42,43,44,45). The highest BCUT2D eigenvalue weighted by Crippen LogP contribution is 2.36. The number of nitrogens with zero attached hydrogens (tertiary/aromatic N) is 4. The van der Waals surface area contributed by atoms with Crippen LogP contribution in [-0.2, 0) is 39.8 Å². The summed E-state index contributed by atoms with van der Waals surface area (Å²) in [5.74, 6) is -3.45. The molecule has 0 amide bonds. The predicted molar refractivity (Wildman–Crippen MR) is 177 cm³/mol. The van der Waals surface area contributed by atoms with E-state index >= 15 is 0 Å². The zero-order valence-electron chi connectivity index (χ0n) is 29.1. The number of hydrogen-bond acceptors (Lipinski definition) is 13. The van der Waals surface area contributed by atoms with Gasteiger partial charge in [0.1, 0.15) is 24.1 Å². The lowest BCUT2D eigenvalue weighted by Crippen LogP contribution is -2.63. The van der Waals surface area contributed by atoms with Crippen molar-refractivity contribution in [3.05, 3.63) is 41.6 Å². The Kier molecular flexibility index (Phi) is 17.0. The lowest BCUT2D eigenvalue weighted by molar-refractivity contribution is -0.903. The van der Waals surface area contributed by atoms with Crippen LogP contribution in [0.2, 0.25) is 0 Å². The molecule has 0 bridgehead atoms. The zero-order chi connectivity index (χ0) is 36.5. The molecule has 1 heterocycles.